The molecule has 0 radical (unpaired) electrons. The Hall–Kier alpha value is -2.77. The van der Waals surface area contributed by atoms with E-state index in [1.54, 1.807) is 24.4 Å². The van der Waals surface area contributed by atoms with Gasteiger partial charge in [-0.05, 0) is 56.9 Å². The maximum Gasteiger partial charge on any atom is 0.245 e. The molecule has 0 spiro atoms. The predicted octanol–water partition coefficient (Wildman–Crippen LogP) is 4.20. The third kappa shape index (κ3) is 4.20. The van der Waals surface area contributed by atoms with E-state index in [-0.39, 0.29) is 17.3 Å². The van der Waals surface area contributed by atoms with Crippen LogP contribution in [0.2, 0.25) is 0 Å². The highest BCUT2D eigenvalue weighted by Gasteiger charge is 2.34. The van der Waals surface area contributed by atoms with Crippen LogP contribution < -0.4 is 5.32 Å². The zero-order chi connectivity index (χ0) is 22.2. The van der Waals surface area contributed by atoms with Gasteiger partial charge in [0, 0.05) is 30.4 Å². The molecule has 162 valence electrons. The zero-order valence-corrected chi connectivity index (χ0v) is 18.9. The Labute approximate surface area is 183 Å². The van der Waals surface area contributed by atoms with Crippen molar-refractivity contribution in [2.24, 2.45) is 5.92 Å². The second-order valence-electron chi connectivity index (χ2n) is 8.30. The van der Waals surface area contributed by atoms with Gasteiger partial charge in [0.25, 0.3) is 0 Å². The van der Waals surface area contributed by atoms with Crippen molar-refractivity contribution in [1.29, 1.82) is 0 Å². The number of amides is 1. The Morgan fingerprint density at radius 1 is 1.10 bits per heavy atom. The number of piperidine rings is 1. The fourth-order valence-corrected chi connectivity index (χ4v) is 6.09. The number of carbonyl (C=O) groups is 1. The number of aryl methyl sites for hydroxylation is 3. The van der Waals surface area contributed by atoms with Gasteiger partial charge < -0.3 is 5.32 Å². The molecule has 1 N–H and O–H groups in total. The first-order chi connectivity index (χ1) is 14.8. The molecule has 6 nitrogen and oxygen atoms in total. The van der Waals surface area contributed by atoms with E-state index in [2.05, 4.69) is 10.3 Å². The summed E-state index contributed by atoms with van der Waals surface area (Å²) in [6.45, 7) is 6.54. The highest BCUT2D eigenvalue weighted by Crippen LogP contribution is 2.29. The van der Waals surface area contributed by atoms with E-state index in [9.17, 15) is 13.2 Å². The summed E-state index contributed by atoms with van der Waals surface area (Å²) in [5.41, 5.74) is 4.43. The monoisotopic (exact) mass is 437 g/mol. The second kappa shape index (κ2) is 8.40. The van der Waals surface area contributed by atoms with Crippen LogP contribution in [0.25, 0.3) is 10.9 Å². The van der Waals surface area contributed by atoms with Gasteiger partial charge in [-0.3, -0.25) is 9.78 Å². The predicted molar refractivity (Wildman–Crippen MR) is 123 cm³/mol. The number of sulfonamides is 1. The van der Waals surface area contributed by atoms with E-state index < -0.39 is 15.9 Å². The van der Waals surface area contributed by atoms with Crippen LogP contribution >= 0.6 is 0 Å². The first-order valence-electron chi connectivity index (χ1n) is 10.5. The summed E-state index contributed by atoms with van der Waals surface area (Å²) < 4.78 is 28.3. The Balaban J connectivity index is 1.57. The number of nitrogens with one attached hydrogen (secondary N) is 1. The number of hydrogen-bond donors (Lipinski definition) is 1. The average Bonchev–Trinajstić information content (AvgIpc) is 2.75. The summed E-state index contributed by atoms with van der Waals surface area (Å²) in [7, 11) is -3.76. The molecule has 1 amide bonds. The van der Waals surface area contributed by atoms with Crippen molar-refractivity contribution in [3.8, 4) is 0 Å². The molecule has 1 aliphatic rings. The Kier molecular flexibility index (Phi) is 5.81. The van der Waals surface area contributed by atoms with Gasteiger partial charge >= 0.3 is 0 Å². The summed E-state index contributed by atoms with van der Waals surface area (Å²) in [5, 5.41) is 3.82. The summed E-state index contributed by atoms with van der Waals surface area (Å²) >= 11 is 0. The fraction of sp³-hybridized carbons (Fsp3) is 0.333. The van der Waals surface area contributed by atoms with E-state index in [0.717, 1.165) is 27.8 Å². The molecule has 0 saturated carbocycles. The zero-order valence-electron chi connectivity index (χ0n) is 18.1. The quantitative estimate of drug-likeness (QED) is 0.663. The van der Waals surface area contributed by atoms with Crippen LogP contribution in [-0.4, -0.2) is 36.7 Å². The highest BCUT2D eigenvalue weighted by molar-refractivity contribution is 7.89. The fourth-order valence-electron chi connectivity index (χ4n) is 4.40. The lowest BCUT2D eigenvalue weighted by atomic mass is 9.98. The van der Waals surface area contributed by atoms with Crippen LogP contribution in [-0.2, 0) is 14.8 Å². The maximum absolute atomic E-state index is 13.4. The molecule has 1 fully saturated rings. The molecule has 0 unspecified atom stereocenters. The molecule has 1 aromatic heterocycles. The Morgan fingerprint density at radius 3 is 2.55 bits per heavy atom. The van der Waals surface area contributed by atoms with Crippen molar-refractivity contribution in [2.75, 3.05) is 18.4 Å². The van der Waals surface area contributed by atoms with Crippen LogP contribution in [0.4, 0.5) is 5.69 Å². The number of para-hydroxylation sites is 1. The number of aromatic nitrogens is 1. The first kappa shape index (κ1) is 21.5. The van der Waals surface area contributed by atoms with E-state index in [1.807, 2.05) is 45.0 Å². The second-order valence-corrected chi connectivity index (χ2v) is 10.2. The third-order valence-corrected chi connectivity index (χ3v) is 7.79. The van der Waals surface area contributed by atoms with E-state index in [4.69, 9.17) is 0 Å². The van der Waals surface area contributed by atoms with Crippen LogP contribution in [0.15, 0.2) is 53.6 Å². The number of hydrogen-bond acceptors (Lipinski definition) is 4. The molecule has 1 atom stereocenters. The smallest absolute Gasteiger partial charge is 0.245 e. The molecule has 7 heteroatoms. The molecular formula is C24H27N3O3S. The molecule has 31 heavy (non-hydrogen) atoms. The number of anilines is 1. The van der Waals surface area contributed by atoms with Gasteiger partial charge in [0.2, 0.25) is 15.9 Å². The molecule has 1 aliphatic heterocycles. The minimum Gasteiger partial charge on any atom is -0.325 e. The van der Waals surface area contributed by atoms with Gasteiger partial charge in [-0.15, -0.1) is 0 Å². The molecule has 2 heterocycles. The van der Waals surface area contributed by atoms with Crippen LogP contribution in [0.5, 0.6) is 0 Å². The Bertz CT molecular complexity index is 1230. The topological polar surface area (TPSA) is 79.4 Å². The van der Waals surface area contributed by atoms with Gasteiger partial charge in [-0.25, -0.2) is 8.42 Å². The van der Waals surface area contributed by atoms with E-state index >= 15 is 0 Å². The number of rotatable bonds is 4. The first-order valence-corrected chi connectivity index (χ1v) is 11.9. The number of benzene rings is 2. The summed E-state index contributed by atoms with van der Waals surface area (Å²) in [6, 6.07) is 12.9. The molecule has 1 saturated heterocycles. The van der Waals surface area contributed by atoms with Crippen molar-refractivity contribution < 1.29 is 13.2 Å². The minimum atomic E-state index is -3.76. The van der Waals surface area contributed by atoms with E-state index in [0.29, 0.717) is 24.9 Å². The molecule has 2 aromatic carbocycles. The standard InChI is InChI=1S/C24H27N3O3S/c1-16-13-17(2)22(18(3)14-16)26-24(28)20-9-6-12-27(15-20)31(29,30)21-10-4-7-19-8-5-11-25-23(19)21/h4-5,7-8,10-11,13-14,20H,6,9,12,15H2,1-3H3,(H,26,28)/t20-/m0/s1. The number of fused-ring (bicyclic) bond motifs is 1. The van der Waals surface area contributed by atoms with Gasteiger partial charge in [0.05, 0.1) is 11.4 Å². The normalized spacial score (nSPS) is 17.6. The SMILES string of the molecule is Cc1cc(C)c(NC(=O)[C@H]2CCCN(S(=O)(=O)c3cccc4cccnc34)C2)c(C)c1. The van der Waals surface area contributed by atoms with Crippen molar-refractivity contribution in [3.63, 3.8) is 0 Å². The summed E-state index contributed by atoms with van der Waals surface area (Å²) in [4.78, 5) is 17.5. The largest absolute Gasteiger partial charge is 0.325 e. The Morgan fingerprint density at radius 2 is 1.81 bits per heavy atom. The lowest BCUT2D eigenvalue weighted by molar-refractivity contribution is -0.120. The van der Waals surface area contributed by atoms with Crippen LogP contribution in [0.3, 0.4) is 0 Å². The van der Waals surface area contributed by atoms with Crippen LogP contribution in [0.1, 0.15) is 29.5 Å². The molecular weight excluding hydrogens is 410 g/mol. The molecule has 0 aliphatic carbocycles. The van der Waals surface area contributed by atoms with Crippen molar-refractivity contribution >= 4 is 32.5 Å². The lowest BCUT2D eigenvalue weighted by Gasteiger charge is -2.31. The van der Waals surface area contributed by atoms with Gasteiger partial charge in [0.15, 0.2) is 0 Å². The van der Waals surface area contributed by atoms with Gasteiger partial charge in [-0.2, -0.15) is 4.31 Å². The van der Waals surface area contributed by atoms with Gasteiger partial charge in [0.1, 0.15) is 4.90 Å². The van der Waals surface area contributed by atoms with Crippen molar-refractivity contribution in [3.05, 3.63) is 65.4 Å². The number of nitrogens with zero attached hydrogens (tertiary/aromatic N) is 2. The van der Waals surface area contributed by atoms with Crippen molar-refractivity contribution in [1.82, 2.24) is 9.29 Å². The maximum atomic E-state index is 13.4. The summed E-state index contributed by atoms with van der Waals surface area (Å²) in [5.74, 6) is -0.530. The average molecular weight is 438 g/mol. The van der Waals surface area contributed by atoms with E-state index in [1.165, 1.54) is 4.31 Å². The molecule has 4 rings (SSSR count). The lowest BCUT2D eigenvalue weighted by Crippen LogP contribution is -2.43. The summed E-state index contributed by atoms with van der Waals surface area (Å²) in [6.07, 6.45) is 2.90. The third-order valence-electron chi connectivity index (χ3n) is 5.89. The van der Waals surface area contributed by atoms with Gasteiger partial charge in [-0.1, -0.05) is 35.9 Å². The molecule has 3 aromatic rings. The number of carbonyl (C=O) groups excluding carboxylic acids is 1. The number of pyridine rings is 1. The van der Waals surface area contributed by atoms with Crippen LogP contribution in [0, 0.1) is 26.7 Å². The molecule has 0 bridgehead atoms. The minimum absolute atomic E-state index is 0.133. The van der Waals surface area contributed by atoms with Crippen molar-refractivity contribution in [2.45, 2.75) is 38.5 Å². The highest BCUT2D eigenvalue weighted by atomic mass is 32.2.